The molecule has 0 aliphatic carbocycles. The standard InChI is InChI=1S/C12H9BrClN3O3/c1-20-11-3-2-8(14)5-9(11)16-12-10(17(18)19)4-7(13)6-15-12/h2-6H,1H3,(H,15,16). The third-order valence-electron chi connectivity index (χ3n) is 2.45. The minimum atomic E-state index is -0.517. The van der Waals surface area contributed by atoms with Crippen LogP contribution in [0.25, 0.3) is 0 Å². The number of halogens is 2. The molecule has 0 unspecified atom stereocenters. The summed E-state index contributed by atoms with van der Waals surface area (Å²) in [6.45, 7) is 0. The summed E-state index contributed by atoms with van der Waals surface area (Å²) in [5, 5.41) is 14.4. The number of rotatable bonds is 4. The maximum Gasteiger partial charge on any atom is 0.312 e. The number of methoxy groups -OCH3 is 1. The number of pyridine rings is 1. The number of nitrogens with zero attached hydrogens (tertiary/aromatic N) is 2. The lowest BCUT2D eigenvalue weighted by molar-refractivity contribution is -0.384. The van der Waals surface area contributed by atoms with Gasteiger partial charge >= 0.3 is 5.69 Å². The summed E-state index contributed by atoms with van der Waals surface area (Å²) < 4.78 is 5.69. The van der Waals surface area contributed by atoms with Crippen LogP contribution in [-0.2, 0) is 0 Å². The minimum absolute atomic E-state index is 0.110. The number of benzene rings is 1. The number of aromatic nitrogens is 1. The first-order valence-corrected chi connectivity index (χ1v) is 6.59. The maximum absolute atomic E-state index is 11.0. The second-order valence-corrected chi connectivity index (χ2v) is 5.10. The first-order chi connectivity index (χ1) is 9.51. The van der Waals surface area contributed by atoms with Crippen molar-refractivity contribution in [2.75, 3.05) is 12.4 Å². The molecule has 0 spiro atoms. The Morgan fingerprint density at radius 3 is 2.85 bits per heavy atom. The smallest absolute Gasteiger partial charge is 0.312 e. The van der Waals surface area contributed by atoms with Crippen LogP contribution in [0.3, 0.4) is 0 Å². The van der Waals surface area contributed by atoms with Crippen molar-refractivity contribution in [3.8, 4) is 5.75 Å². The fraction of sp³-hybridized carbons (Fsp3) is 0.0833. The van der Waals surface area contributed by atoms with Gasteiger partial charge in [0.25, 0.3) is 0 Å². The van der Waals surface area contributed by atoms with Gasteiger partial charge in [-0.2, -0.15) is 0 Å². The highest BCUT2D eigenvalue weighted by Gasteiger charge is 2.17. The van der Waals surface area contributed by atoms with E-state index >= 15 is 0 Å². The first kappa shape index (κ1) is 14.5. The van der Waals surface area contributed by atoms with E-state index in [-0.39, 0.29) is 11.5 Å². The van der Waals surface area contributed by atoms with Crippen molar-refractivity contribution < 1.29 is 9.66 Å². The third-order valence-corrected chi connectivity index (χ3v) is 3.11. The van der Waals surface area contributed by atoms with E-state index in [1.165, 1.54) is 19.4 Å². The lowest BCUT2D eigenvalue weighted by atomic mass is 10.3. The molecule has 104 valence electrons. The molecule has 0 saturated carbocycles. The van der Waals surface area contributed by atoms with Crippen molar-refractivity contribution in [1.29, 1.82) is 0 Å². The number of nitro groups is 1. The molecule has 6 nitrogen and oxygen atoms in total. The van der Waals surface area contributed by atoms with Crippen LogP contribution in [0, 0.1) is 10.1 Å². The van der Waals surface area contributed by atoms with Crippen LogP contribution in [0.4, 0.5) is 17.2 Å². The lowest BCUT2D eigenvalue weighted by Gasteiger charge is -2.11. The molecule has 1 heterocycles. The Balaban J connectivity index is 2.44. The minimum Gasteiger partial charge on any atom is -0.495 e. The highest BCUT2D eigenvalue weighted by molar-refractivity contribution is 9.10. The summed E-state index contributed by atoms with van der Waals surface area (Å²) in [4.78, 5) is 14.5. The molecular formula is C12H9BrClN3O3. The van der Waals surface area contributed by atoms with Crippen LogP contribution in [0.2, 0.25) is 5.02 Å². The molecule has 0 aliphatic rings. The van der Waals surface area contributed by atoms with E-state index in [2.05, 4.69) is 26.2 Å². The predicted molar refractivity (Wildman–Crippen MR) is 79.9 cm³/mol. The molecule has 0 bridgehead atoms. The Morgan fingerprint density at radius 2 is 2.20 bits per heavy atom. The van der Waals surface area contributed by atoms with Crippen LogP contribution < -0.4 is 10.1 Å². The number of hydrogen-bond acceptors (Lipinski definition) is 5. The quantitative estimate of drug-likeness (QED) is 0.656. The number of anilines is 2. The molecule has 0 amide bonds. The summed E-state index contributed by atoms with van der Waals surface area (Å²) in [5.41, 5.74) is 0.347. The summed E-state index contributed by atoms with van der Waals surface area (Å²) >= 11 is 9.06. The Hall–Kier alpha value is -1.86. The highest BCUT2D eigenvalue weighted by Crippen LogP contribution is 2.33. The molecule has 1 N–H and O–H groups in total. The summed E-state index contributed by atoms with van der Waals surface area (Å²) in [7, 11) is 1.50. The molecular weight excluding hydrogens is 350 g/mol. The molecule has 0 atom stereocenters. The van der Waals surface area contributed by atoms with Crippen molar-refractivity contribution in [3.63, 3.8) is 0 Å². The van der Waals surface area contributed by atoms with Gasteiger partial charge in [0.05, 0.1) is 17.7 Å². The topological polar surface area (TPSA) is 77.3 Å². The van der Waals surface area contributed by atoms with Crippen LogP contribution >= 0.6 is 27.5 Å². The van der Waals surface area contributed by atoms with Crippen molar-refractivity contribution in [1.82, 2.24) is 4.98 Å². The Labute approximate surface area is 128 Å². The Morgan fingerprint density at radius 1 is 1.45 bits per heavy atom. The molecule has 0 fully saturated rings. The summed E-state index contributed by atoms with van der Waals surface area (Å²) in [6, 6.07) is 6.30. The zero-order valence-corrected chi connectivity index (χ0v) is 12.6. The van der Waals surface area contributed by atoms with E-state index < -0.39 is 4.92 Å². The molecule has 2 rings (SSSR count). The zero-order valence-electron chi connectivity index (χ0n) is 10.3. The average Bonchev–Trinajstić information content (AvgIpc) is 2.41. The fourth-order valence-electron chi connectivity index (χ4n) is 1.57. The predicted octanol–water partition coefficient (Wildman–Crippen LogP) is 4.16. The van der Waals surface area contributed by atoms with Gasteiger partial charge in [0.15, 0.2) is 0 Å². The van der Waals surface area contributed by atoms with Gasteiger partial charge in [0.1, 0.15) is 5.75 Å². The van der Waals surface area contributed by atoms with Gasteiger partial charge in [-0.1, -0.05) is 11.6 Å². The number of hydrogen-bond donors (Lipinski definition) is 1. The monoisotopic (exact) mass is 357 g/mol. The summed E-state index contributed by atoms with van der Waals surface area (Å²) in [5.74, 6) is 0.618. The normalized spacial score (nSPS) is 10.2. The van der Waals surface area contributed by atoms with Crippen LogP contribution in [0.1, 0.15) is 0 Å². The van der Waals surface area contributed by atoms with Crippen molar-refractivity contribution in [3.05, 3.63) is 50.1 Å². The highest BCUT2D eigenvalue weighted by atomic mass is 79.9. The summed E-state index contributed by atoms with van der Waals surface area (Å²) in [6.07, 6.45) is 1.46. The Kier molecular flexibility index (Phi) is 4.41. The van der Waals surface area contributed by atoms with E-state index in [1.807, 2.05) is 0 Å². The fourth-order valence-corrected chi connectivity index (χ4v) is 2.06. The largest absolute Gasteiger partial charge is 0.495 e. The van der Waals surface area contributed by atoms with Gasteiger partial charge in [-0.25, -0.2) is 4.98 Å². The maximum atomic E-state index is 11.0. The van der Waals surface area contributed by atoms with Gasteiger partial charge in [-0.15, -0.1) is 0 Å². The van der Waals surface area contributed by atoms with Gasteiger partial charge in [0.2, 0.25) is 5.82 Å². The van der Waals surface area contributed by atoms with E-state index in [0.717, 1.165) is 0 Å². The zero-order chi connectivity index (χ0) is 14.7. The molecule has 1 aromatic heterocycles. The van der Waals surface area contributed by atoms with Crippen LogP contribution in [0.15, 0.2) is 34.9 Å². The molecule has 2 aromatic rings. The molecule has 0 saturated heterocycles. The SMILES string of the molecule is COc1ccc(Cl)cc1Nc1ncc(Br)cc1[N+](=O)[O-]. The van der Waals surface area contributed by atoms with Crippen molar-refractivity contribution in [2.24, 2.45) is 0 Å². The van der Waals surface area contributed by atoms with E-state index in [9.17, 15) is 10.1 Å². The Bertz CT molecular complexity index is 666. The molecule has 0 radical (unpaired) electrons. The molecule has 0 aliphatic heterocycles. The second-order valence-electron chi connectivity index (χ2n) is 3.75. The van der Waals surface area contributed by atoms with E-state index in [4.69, 9.17) is 16.3 Å². The first-order valence-electron chi connectivity index (χ1n) is 5.41. The number of nitrogens with one attached hydrogen (secondary N) is 1. The van der Waals surface area contributed by atoms with Crippen molar-refractivity contribution in [2.45, 2.75) is 0 Å². The molecule has 1 aromatic carbocycles. The van der Waals surface area contributed by atoms with E-state index in [0.29, 0.717) is 20.9 Å². The lowest BCUT2D eigenvalue weighted by Crippen LogP contribution is -2.01. The number of ether oxygens (including phenoxy) is 1. The van der Waals surface area contributed by atoms with Crippen LogP contribution in [-0.4, -0.2) is 17.0 Å². The molecule has 20 heavy (non-hydrogen) atoms. The van der Waals surface area contributed by atoms with Gasteiger partial charge in [-0.05, 0) is 34.1 Å². The van der Waals surface area contributed by atoms with Gasteiger partial charge < -0.3 is 10.1 Å². The third kappa shape index (κ3) is 3.17. The second kappa shape index (κ2) is 6.06. The van der Waals surface area contributed by atoms with Crippen molar-refractivity contribution >= 4 is 44.7 Å². The van der Waals surface area contributed by atoms with E-state index in [1.54, 1.807) is 18.2 Å². The van der Waals surface area contributed by atoms with Crippen LogP contribution in [0.5, 0.6) is 5.75 Å². The van der Waals surface area contributed by atoms with Gasteiger partial charge in [0, 0.05) is 21.8 Å². The molecule has 8 heteroatoms. The average molecular weight is 359 g/mol. The van der Waals surface area contributed by atoms with Gasteiger partial charge in [-0.3, -0.25) is 10.1 Å².